The normalized spacial score (nSPS) is 31.5. The standard InChI is InChI=1S/C16H30N2O3/c1-3-8-18(15-12-21-11-14(15)16(19)20)13-6-5-9-17(4-2)10-7-13/h13-15H,3-12H2,1-2H3,(H,19,20). The van der Waals surface area contributed by atoms with Crippen molar-refractivity contribution in [1.29, 1.82) is 0 Å². The summed E-state index contributed by atoms with van der Waals surface area (Å²) in [5, 5.41) is 9.42. The second-order valence-corrected chi connectivity index (χ2v) is 6.31. The summed E-state index contributed by atoms with van der Waals surface area (Å²) in [7, 11) is 0. The second kappa shape index (κ2) is 8.11. The molecular formula is C16H30N2O3. The van der Waals surface area contributed by atoms with Gasteiger partial charge in [-0.1, -0.05) is 13.8 Å². The molecule has 2 aliphatic rings. The van der Waals surface area contributed by atoms with Crippen LogP contribution in [0.1, 0.15) is 39.5 Å². The molecule has 0 amide bonds. The molecule has 1 N–H and O–H groups in total. The Labute approximate surface area is 128 Å². The van der Waals surface area contributed by atoms with Crippen molar-refractivity contribution in [3.8, 4) is 0 Å². The molecule has 0 aromatic carbocycles. The number of nitrogens with zero attached hydrogens (tertiary/aromatic N) is 2. The fourth-order valence-electron chi connectivity index (χ4n) is 3.77. The summed E-state index contributed by atoms with van der Waals surface area (Å²) in [6.45, 7) is 9.74. The van der Waals surface area contributed by atoms with E-state index < -0.39 is 5.97 Å². The van der Waals surface area contributed by atoms with Crippen molar-refractivity contribution in [3.05, 3.63) is 0 Å². The van der Waals surface area contributed by atoms with E-state index >= 15 is 0 Å². The predicted octanol–water partition coefficient (Wildman–Crippen LogP) is 1.67. The highest BCUT2D eigenvalue weighted by Crippen LogP contribution is 2.26. The largest absolute Gasteiger partial charge is 0.481 e. The van der Waals surface area contributed by atoms with Crippen LogP contribution in [0.5, 0.6) is 0 Å². The summed E-state index contributed by atoms with van der Waals surface area (Å²) in [5.41, 5.74) is 0. The third kappa shape index (κ3) is 4.18. The van der Waals surface area contributed by atoms with Gasteiger partial charge in [-0.05, 0) is 51.9 Å². The number of hydrogen-bond acceptors (Lipinski definition) is 4. The number of rotatable bonds is 6. The molecule has 21 heavy (non-hydrogen) atoms. The highest BCUT2D eigenvalue weighted by Gasteiger charge is 2.40. The van der Waals surface area contributed by atoms with E-state index in [0.717, 1.165) is 32.5 Å². The minimum Gasteiger partial charge on any atom is -0.481 e. The van der Waals surface area contributed by atoms with Crippen LogP contribution in [0.4, 0.5) is 0 Å². The van der Waals surface area contributed by atoms with Crippen LogP contribution < -0.4 is 0 Å². The Hall–Kier alpha value is -0.650. The lowest BCUT2D eigenvalue weighted by atomic mass is 9.97. The minimum atomic E-state index is -0.706. The molecule has 2 heterocycles. The van der Waals surface area contributed by atoms with Crippen LogP contribution >= 0.6 is 0 Å². The quantitative estimate of drug-likeness (QED) is 0.808. The Morgan fingerprint density at radius 1 is 1.29 bits per heavy atom. The highest BCUT2D eigenvalue weighted by atomic mass is 16.5. The average molecular weight is 298 g/mol. The maximum absolute atomic E-state index is 11.5. The number of carboxylic acids is 1. The van der Waals surface area contributed by atoms with E-state index in [1.165, 1.54) is 19.4 Å². The van der Waals surface area contributed by atoms with Crippen LogP contribution in [-0.4, -0.2) is 72.4 Å². The van der Waals surface area contributed by atoms with Gasteiger partial charge >= 0.3 is 5.97 Å². The lowest BCUT2D eigenvalue weighted by Gasteiger charge is -2.37. The summed E-state index contributed by atoms with van der Waals surface area (Å²) in [4.78, 5) is 16.4. The Morgan fingerprint density at radius 3 is 2.76 bits per heavy atom. The number of carbonyl (C=O) groups is 1. The first-order valence-corrected chi connectivity index (χ1v) is 8.46. The average Bonchev–Trinajstić information content (AvgIpc) is 2.83. The summed E-state index contributed by atoms with van der Waals surface area (Å²) in [6.07, 6.45) is 4.61. The van der Waals surface area contributed by atoms with Gasteiger partial charge in [-0.3, -0.25) is 9.69 Å². The van der Waals surface area contributed by atoms with Crippen molar-refractivity contribution in [1.82, 2.24) is 9.80 Å². The first kappa shape index (κ1) is 16.7. The number of likely N-dealkylation sites (tertiary alicyclic amines) is 1. The van der Waals surface area contributed by atoms with Gasteiger partial charge in [0.15, 0.2) is 0 Å². The molecule has 5 nitrogen and oxygen atoms in total. The van der Waals surface area contributed by atoms with Gasteiger partial charge in [-0.25, -0.2) is 0 Å². The molecule has 2 aliphatic heterocycles. The molecule has 0 spiro atoms. The Bertz CT molecular complexity index is 337. The molecule has 122 valence electrons. The summed E-state index contributed by atoms with van der Waals surface area (Å²) < 4.78 is 5.49. The van der Waals surface area contributed by atoms with Crippen molar-refractivity contribution >= 4 is 5.97 Å². The van der Waals surface area contributed by atoms with Crippen molar-refractivity contribution in [2.75, 3.05) is 39.4 Å². The van der Waals surface area contributed by atoms with E-state index in [9.17, 15) is 9.90 Å². The van der Waals surface area contributed by atoms with Gasteiger partial charge in [0.2, 0.25) is 0 Å². The predicted molar refractivity (Wildman–Crippen MR) is 82.5 cm³/mol. The molecule has 2 fully saturated rings. The third-order valence-corrected chi connectivity index (χ3v) is 4.98. The van der Waals surface area contributed by atoms with E-state index in [4.69, 9.17) is 4.74 Å². The number of carboxylic acid groups (broad SMARTS) is 1. The van der Waals surface area contributed by atoms with Gasteiger partial charge in [0.25, 0.3) is 0 Å². The fourth-order valence-corrected chi connectivity index (χ4v) is 3.77. The summed E-state index contributed by atoms with van der Waals surface area (Å²) in [6, 6.07) is 0.565. The fraction of sp³-hybridized carbons (Fsp3) is 0.938. The van der Waals surface area contributed by atoms with Gasteiger partial charge in [-0.15, -0.1) is 0 Å². The molecule has 0 aromatic rings. The van der Waals surface area contributed by atoms with Crippen LogP contribution in [0.2, 0.25) is 0 Å². The van der Waals surface area contributed by atoms with Gasteiger partial charge < -0.3 is 14.7 Å². The SMILES string of the molecule is CCCN(C1CCCN(CC)CC1)C1COCC1C(=O)O. The monoisotopic (exact) mass is 298 g/mol. The number of hydrogen-bond donors (Lipinski definition) is 1. The van der Waals surface area contributed by atoms with E-state index in [-0.39, 0.29) is 12.0 Å². The van der Waals surface area contributed by atoms with Crippen LogP contribution in [-0.2, 0) is 9.53 Å². The van der Waals surface area contributed by atoms with Crippen molar-refractivity contribution in [3.63, 3.8) is 0 Å². The van der Waals surface area contributed by atoms with Crippen molar-refractivity contribution in [2.24, 2.45) is 5.92 Å². The lowest BCUT2D eigenvalue weighted by Crippen LogP contribution is -2.49. The van der Waals surface area contributed by atoms with Crippen molar-refractivity contribution in [2.45, 2.75) is 51.6 Å². The maximum Gasteiger partial charge on any atom is 0.310 e. The molecule has 0 bridgehead atoms. The van der Waals surface area contributed by atoms with Crippen LogP contribution in [0, 0.1) is 5.92 Å². The van der Waals surface area contributed by atoms with Gasteiger partial charge in [0, 0.05) is 12.1 Å². The van der Waals surface area contributed by atoms with Gasteiger partial charge in [-0.2, -0.15) is 0 Å². The third-order valence-electron chi connectivity index (χ3n) is 4.98. The molecule has 3 atom stereocenters. The van der Waals surface area contributed by atoms with Crippen LogP contribution in [0.15, 0.2) is 0 Å². The highest BCUT2D eigenvalue weighted by molar-refractivity contribution is 5.71. The smallest absolute Gasteiger partial charge is 0.310 e. The molecule has 0 aliphatic carbocycles. The Balaban J connectivity index is 2.05. The minimum absolute atomic E-state index is 0.0561. The maximum atomic E-state index is 11.5. The van der Waals surface area contributed by atoms with E-state index in [2.05, 4.69) is 23.6 Å². The molecule has 3 unspecified atom stereocenters. The van der Waals surface area contributed by atoms with Crippen molar-refractivity contribution < 1.29 is 14.6 Å². The molecule has 0 aromatic heterocycles. The van der Waals surface area contributed by atoms with E-state index in [1.807, 2.05) is 0 Å². The van der Waals surface area contributed by atoms with Gasteiger partial charge in [0.05, 0.1) is 19.1 Å². The second-order valence-electron chi connectivity index (χ2n) is 6.31. The summed E-state index contributed by atoms with van der Waals surface area (Å²) >= 11 is 0. The number of aliphatic carboxylic acids is 1. The molecule has 0 radical (unpaired) electrons. The molecule has 2 saturated heterocycles. The topological polar surface area (TPSA) is 53.0 Å². The Morgan fingerprint density at radius 2 is 2.10 bits per heavy atom. The number of ether oxygens (including phenoxy) is 1. The van der Waals surface area contributed by atoms with Crippen LogP contribution in [0.3, 0.4) is 0 Å². The zero-order valence-electron chi connectivity index (χ0n) is 13.5. The van der Waals surface area contributed by atoms with Gasteiger partial charge in [0.1, 0.15) is 0 Å². The first-order chi connectivity index (χ1) is 10.2. The summed E-state index contributed by atoms with van der Waals surface area (Å²) in [5.74, 6) is -1.07. The zero-order chi connectivity index (χ0) is 15.2. The molecule has 5 heteroatoms. The zero-order valence-corrected chi connectivity index (χ0v) is 13.5. The van der Waals surface area contributed by atoms with Crippen LogP contribution in [0.25, 0.3) is 0 Å². The molecule has 2 rings (SSSR count). The van der Waals surface area contributed by atoms with E-state index in [0.29, 0.717) is 19.3 Å². The molecule has 0 saturated carbocycles. The molecular weight excluding hydrogens is 268 g/mol. The Kier molecular flexibility index (Phi) is 6.45. The first-order valence-electron chi connectivity index (χ1n) is 8.46. The lowest BCUT2D eigenvalue weighted by molar-refractivity contribution is -0.143. The van der Waals surface area contributed by atoms with E-state index in [1.54, 1.807) is 0 Å².